The normalized spacial score (nSPS) is 22.8. The van der Waals surface area contributed by atoms with Crippen LogP contribution in [0.3, 0.4) is 0 Å². The Morgan fingerprint density at radius 2 is 1.72 bits per heavy atom. The van der Waals surface area contributed by atoms with Gasteiger partial charge in [0.25, 0.3) is 0 Å². The molecule has 1 amide bonds. The summed E-state index contributed by atoms with van der Waals surface area (Å²) in [7, 11) is 0. The molecule has 188 valence electrons. The zero-order valence-corrected chi connectivity index (χ0v) is 21.1. The van der Waals surface area contributed by atoms with Gasteiger partial charge in [-0.3, -0.25) is 4.90 Å². The Morgan fingerprint density at radius 3 is 2.44 bits per heavy atom. The molecule has 3 aromatic rings. The minimum atomic E-state index is -0.314. The van der Waals surface area contributed by atoms with Crippen LogP contribution in [-0.4, -0.2) is 42.9 Å². The Morgan fingerprint density at radius 1 is 0.972 bits per heavy atom. The summed E-state index contributed by atoms with van der Waals surface area (Å²) in [6, 6.07) is 24.9. The van der Waals surface area contributed by atoms with Gasteiger partial charge in [-0.15, -0.1) is 0 Å². The second-order valence-corrected chi connectivity index (χ2v) is 10.6. The highest BCUT2D eigenvalue weighted by Crippen LogP contribution is 2.36. The molecule has 3 saturated heterocycles. The Hall–Kier alpha value is -3.18. The molecule has 4 nitrogen and oxygen atoms in total. The lowest BCUT2D eigenvalue weighted by atomic mass is 9.83. The van der Waals surface area contributed by atoms with Gasteiger partial charge in [-0.05, 0) is 54.3 Å². The van der Waals surface area contributed by atoms with Crippen LogP contribution in [0, 0.1) is 18.7 Å². The van der Waals surface area contributed by atoms with Gasteiger partial charge in [-0.1, -0.05) is 54.6 Å². The molecule has 0 unspecified atom stereocenters. The van der Waals surface area contributed by atoms with E-state index < -0.39 is 0 Å². The number of halogens is 1. The summed E-state index contributed by atoms with van der Waals surface area (Å²) in [5.41, 5.74) is 4.14. The molecule has 6 rings (SSSR count). The number of rotatable bonds is 8. The number of quaternary nitrogens is 1. The molecule has 0 spiro atoms. The van der Waals surface area contributed by atoms with Gasteiger partial charge in [0, 0.05) is 30.9 Å². The topological polar surface area (TPSA) is 29.5 Å². The van der Waals surface area contributed by atoms with E-state index in [-0.39, 0.29) is 18.0 Å². The number of benzene rings is 3. The predicted molar refractivity (Wildman–Crippen MR) is 141 cm³/mol. The van der Waals surface area contributed by atoms with Gasteiger partial charge in [-0.2, -0.15) is 0 Å². The fourth-order valence-electron chi connectivity index (χ4n) is 5.95. The molecule has 36 heavy (non-hydrogen) atoms. The van der Waals surface area contributed by atoms with Crippen LogP contribution in [0.2, 0.25) is 0 Å². The van der Waals surface area contributed by atoms with Crippen molar-refractivity contribution in [1.82, 2.24) is 0 Å². The molecular formula is C31H36FN2O2+. The molecule has 0 saturated carbocycles. The molecule has 5 heteroatoms. The smallest absolute Gasteiger partial charge is 0.415 e. The summed E-state index contributed by atoms with van der Waals surface area (Å²) in [5, 5.41) is 0. The molecule has 3 fully saturated rings. The fourth-order valence-corrected chi connectivity index (χ4v) is 5.95. The maximum Gasteiger partial charge on any atom is 0.415 e. The predicted octanol–water partition coefficient (Wildman–Crippen LogP) is 6.52. The first-order valence-electron chi connectivity index (χ1n) is 13.2. The molecule has 1 atom stereocenters. The second-order valence-electron chi connectivity index (χ2n) is 10.6. The summed E-state index contributed by atoms with van der Waals surface area (Å²) in [4.78, 5) is 15.3. The van der Waals surface area contributed by atoms with Crippen LogP contribution in [0.5, 0.6) is 0 Å². The van der Waals surface area contributed by atoms with Crippen LogP contribution in [0.15, 0.2) is 78.9 Å². The SMILES string of the molecule is Cc1cccc(N(Cc2ccc(F)cc2)C(=O)O[C@H]2C[N+]3(CCCc4ccccc4)CCC2CC3)c1. The maximum absolute atomic E-state index is 13.6. The van der Waals surface area contributed by atoms with E-state index in [1.807, 2.05) is 31.2 Å². The zero-order chi connectivity index (χ0) is 25.0. The van der Waals surface area contributed by atoms with E-state index >= 15 is 0 Å². The van der Waals surface area contributed by atoms with Crippen molar-refractivity contribution in [3.63, 3.8) is 0 Å². The number of carbonyl (C=O) groups is 1. The van der Waals surface area contributed by atoms with Gasteiger partial charge in [-0.25, -0.2) is 9.18 Å². The van der Waals surface area contributed by atoms with Crippen molar-refractivity contribution in [2.45, 2.75) is 45.3 Å². The van der Waals surface area contributed by atoms with Gasteiger partial charge in [0.05, 0.1) is 26.2 Å². The Bertz CT molecular complexity index is 1160. The van der Waals surface area contributed by atoms with Gasteiger partial charge < -0.3 is 9.22 Å². The molecule has 3 aromatic carbocycles. The minimum absolute atomic E-state index is 0.0581. The van der Waals surface area contributed by atoms with Crippen molar-refractivity contribution in [2.24, 2.45) is 5.92 Å². The summed E-state index contributed by atoms with van der Waals surface area (Å²) in [5.74, 6) is 0.158. The third-order valence-electron chi connectivity index (χ3n) is 8.02. The number of hydrogen-bond donors (Lipinski definition) is 0. The third-order valence-corrected chi connectivity index (χ3v) is 8.02. The molecule has 0 aliphatic carbocycles. The van der Waals surface area contributed by atoms with Crippen LogP contribution in [0.25, 0.3) is 0 Å². The van der Waals surface area contributed by atoms with E-state index in [1.54, 1.807) is 17.0 Å². The van der Waals surface area contributed by atoms with Crippen molar-refractivity contribution in [2.75, 3.05) is 31.1 Å². The third kappa shape index (κ3) is 5.79. The standard InChI is InChI=1S/C31H36FN2O2/c1-24-7-5-11-29(21-24)33(22-26-12-14-28(32)15-13-26)31(35)36-30-23-34(19-16-27(30)17-20-34)18-6-10-25-8-3-2-4-9-25/h2-5,7-9,11-15,21,27,30H,6,10,16-20,22-23H2,1H3/q+1/t27?,30-,34?/m0/s1. The number of aryl methyl sites for hydroxylation is 2. The van der Waals surface area contributed by atoms with Crippen LogP contribution >= 0.6 is 0 Å². The monoisotopic (exact) mass is 487 g/mol. The van der Waals surface area contributed by atoms with Crippen LogP contribution in [-0.2, 0) is 17.7 Å². The van der Waals surface area contributed by atoms with Crippen LogP contribution < -0.4 is 4.90 Å². The molecule has 0 radical (unpaired) electrons. The lowest BCUT2D eigenvalue weighted by Gasteiger charge is -2.52. The first-order chi connectivity index (χ1) is 17.5. The largest absolute Gasteiger partial charge is 0.440 e. The van der Waals surface area contributed by atoms with Crippen molar-refractivity contribution < 1.29 is 18.4 Å². The average molecular weight is 488 g/mol. The summed E-state index contributed by atoms with van der Waals surface area (Å²) < 4.78 is 20.8. The Labute approximate surface area is 213 Å². The van der Waals surface area contributed by atoms with E-state index in [4.69, 9.17) is 4.74 Å². The number of nitrogens with zero attached hydrogens (tertiary/aromatic N) is 2. The number of carbonyl (C=O) groups excluding carboxylic acids is 1. The lowest BCUT2D eigenvalue weighted by Crippen LogP contribution is -2.65. The van der Waals surface area contributed by atoms with Crippen LogP contribution in [0.1, 0.15) is 36.0 Å². The maximum atomic E-state index is 13.6. The molecular weight excluding hydrogens is 451 g/mol. The van der Waals surface area contributed by atoms with E-state index in [0.717, 1.165) is 60.1 Å². The summed E-state index contributed by atoms with van der Waals surface area (Å²) in [6.07, 6.45) is 4.10. The molecule has 3 heterocycles. The number of piperidine rings is 3. The fraction of sp³-hybridized carbons (Fsp3) is 0.387. The van der Waals surface area contributed by atoms with Gasteiger partial charge >= 0.3 is 6.09 Å². The van der Waals surface area contributed by atoms with Gasteiger partial charge in [0.15, 0.2) is 6.10 Å². The van der Waals surface area contributed by atoms with Gasteiger partial charge in [0.1, 0.15) is 12.4 Å². The van der Waals surface area contributed by atoms with E-state index in [0.29, 0.717) is 12.5 Å². The molecule has 3 aliphatic heterocycles. The Kier molecular flexibility index (Phi) is 7.38. The number of amides is 1. The highest BCUT2D eigenvalue weighted by atomic mass is 19.1. The molecule has 0 N–H and O–H groups in total. The summed E-state index contributed by atoms with van der Waals surface area (Å²) >= 11 is 0. The minimum Gasteiger partial charge on any atom is -0.440 e. The van der Waals surface area contributed by atoms with Crippen molar-refractivity contribution >= 4 is 11.8 Å². The Balaban J connectivity index is 1.27. The summed E-state index contributed by atoms with van der Waals surface area (Å²) in [6.45, 7) is 6.77. The van der Waals surface area contributed by atoms with Crippen LogP contribution in [0.4, 0.5) is 14.9 Å². The highest BCUT2D eigenvalue weighted by molar-refractivity contribution is 5.87. The van der Waals surface area contributed by atoms with Crippen molar-refractivity contribution in [1.29, 1.82) is 0 Å². The lowest BCUT2D eigenvalue weighted by molar-refractivity contribution is -0.946. The average Bonchev–Trinajstić information content (AvgIpc) is 2.89. The van der Waals surface area contributed by atoms with E-state index in [9.17, 15) is 9.18 Å². The van der Waals surface area contributed by atoms with Crippen molar-refractivity contribution in [3.05, 3.63) is 101 Å². The number of hydrogen-bond acceptors (Lipinski definition) is 2. The first-order valence-corrected chi connectivity index (χ1v) is 13.2. The highest BCUT2D eigenvalue weighted by Gasteiger charge is 2.47. The number of ether oxygens (including phenoxy) is 1. The number of anilines is 1. The van der Waals surface area contributed by atoms with E-state index in [2.05, 4.69) is 30.3 Å². The zero-order valence-electron chi connectivity index (χ0n) is 21.1. The van der Waals surface area contributed by atoms with Crippen molar-refractivity contribution in [3.8, 4) is 0 Å². The molecule has 2 bridgehead atoms. The second kappa shape index (κ2) is 10.8. The molecule has 0 aromatic heterocycles. The number of fused-ring (bicyclic) bond motifs is 3. The first kappa shape index (κ1) is 24.5. The van der Waals surface area contributed by atoms with Gasteiger partial charge in [0.2, 0.25) is 0 Å². The van der Waals surface area contributed by atoms with E-state index in [1.165, 1.54) is 30.8 Å². The quantitative estimate of drug-likeness (QED) is 0.339. The molecule has 3 aliphatic rings.